The zero-order valence-corrected chi connectivity index (χ0v) is 18.7. The summed E-state index contributed by atoms with van der Waals surface area (Å²) in [5.74, 6) is 0.616. The Balaban J connectivity index is 0.00000392. The highest BCUT2D eigenvalue weighted by molar-refractivity contribution is 14.0. The summed E-state index contributed by atoms with van der Waals surface area (Å²) in [6, 6.07) is 8.53. The Bertz CT molecular complexity index is 607. The first kappa shape index (κ1) is 24.8. The molecule has 1 aliphatic rings. The quantitative estimate of drug-likeness (QED) is 0.238. The van der Waals surface area contributed by atoms with Crippen LogP contribution >= 0.6 is 24.0 Å². The van der Waals surface area contributed by atoms with Crippen molar-refractivity contribution in [1.29, 1.82) is 0 Å². The Morgan fingerprint density at radius 3 is 2.64 bits per heavy atom. The van der Waals surface area contributed by atoms with Gasteiger partial charge in [-0.2, -0.15) is 13.2 Å². The largest absolute Gasteiger partial charge is 0.411 e. The van der Waals surface area contributed by atoms with E-state index in [0.717, 1.165) is 18.7 Å². The van der Waals surface area contributed by atoms with E-state index in [2.05, 4.69) is 56.5 Å². The van der Waals surface area contributed by atoms with Crippen molar-refractivity contribution in [3.8, 4) is 0 Å². The normalized spacial score (nSPS) is 15.9. The zero-order chi connectivity index (χ0) is 19.7. The fourth-order valence-corrected chi connectivity index (χ4v) is 3.02. The summed E-state index contributed by atoms with van der Waals surface area (Å²) in [6.45, 7) is 3.59. The molecule has 0 spiro atoms. The molecule has 1 aromatic carbocycles. The lowest BCUT2D eigenvalue weighted by Crippen LogP contribution is -2.39. The molecule has 0 aromatic heterocycles. The van der Waals surface area contributed by atoms with Crippen LogP contribution in [0.3, 0.4) is 0 Å². The summed E-state index contributed by atoms with van der Waals surface area (Å²) >= 11 is 0. The Labute approximate surface area is 182 Å². The second kappa shape index (κ2) is 12.4. The van der Waals surface area contributed by atoms with Gasteiger partial charge in [-0.3, -0.25) is 4.99 Å². The third kappa shape index (κ3) is 8.85. The number of guanidine groups is 1. The first-order valence-electron chi connectivity index (χ1n) is 9.35. The monoisotopic (exact) mass is 514 g/mol. The molecule has 0 bridgehead atoms. The molecule has 1 saturated heterocycles. The van der Waals surface area contributed by atoms with Crippen LogP contribution in [0.15, 0.2) is 29.3 Å². The van der Waals surface area contributed by atoms with Crippen molar-refractivity contribution in [3.63, 3.8) is 0 Å². The number of nitrogens with one attached hydrogen (secondary N) is 2. The molecule has 1 unspecified atom stereocenters. The number of aliphatic imine (C=N–C) groups is 1. The molecule has 28 heavy (non-hydrogen) atoms. The Morgan fingerprint density at radius 1 is 1.29 bits per heavy atom. The summed E-state index contributed by atoms with van der Waals surface area (Å²) in [6.07, 6.45) is -1.33. The first-order chi connectivity index (χ1) is 12.9. The SMILES string of the molecule is CN=C(NCCCOCC(F)(F)F)NC(C)c1cccc(N2CCCC2)c1.I. The molecular formula is C19H30F3IN4O. The molecule has 0 amide bonds. The van der Waals surface area contributed by atoms with E-state index in [1.54, 1.807) is 7.05 Å². The van der Waals surface area contributed by atoms with Crippen LogP contribution in [-0.2, 0) is 4.74 Å². The highest BCUT2D eigenvalue weighted by atomic mass is 127. The number of nitrogens with zero attached hydrogens (tertiary/aromatic N) is 2. The first-order valence-corrected chi connectivity index (χ1v) is 9.35. The van der Waals surface area contributed by atoms with E-state index in [9.17, 15) is 13.2 Å². The van der Waals surface area contributed by atoms with Crippen LogP contribution in [0.25, 0.3) is 0 Å². The number of hydrogen-bond donors (Lipinski definition) is 2. The molecule has 160 valence electrons. The fraction of sp³-hybridized carbons (Fsp3) is 0.632. The predicted octanol–water partition coefficient (Wildman–Crippen LogP) is 4.10. The van der Waals surface area contributed by atoms with Crippen molar-refractivity contribution in [2.45, 2.75) is 38.4 Å². The highest BCUT2D eigenvalue weighted by Gasteiger charge is 2.27. The van der Waals surface area contributed by atoms with Crippen molar-refractivity contribution in [2.24, 2.45) is 4.99 Å². The third-order valence-electron chi connectivity index (χ3n) is 4.44. The second-order valence-electron chi connectivity index (χ2n) is 6.68. The highest BCUT2D eigenvalue weighted by Crippen LogP contribution is 2.23. The van der Waals surface area contributed by atoms with Gasteiger partial charge in [0.25, 0.3) is 0 Å². The lowest BCUT2D eigenvalue weighted by atomic mass is 10.1. The van der Waals surface area contributed by atoms with Crippen molar-refractivity contribution in [2.75, 3.05) is 44.8 Å². The van der Waals surface area contributed by atoms with Gasteiger partial charge in [-0.15, -0.1) is 24.0 Å². The minimum absolute atomic E-state index is 0. The third-order valence-corrected chi connectivity index (χ3v) is 4.44. The smallest absolute Gasteiger partial charge is 0.372 e. The van der Waals surface area contributed by atoms with Gasteiger partial charge in [-0.1, -0.05) is 12.1 Å². The minimum Gasteiger partial charge on any atom is -0.372 e. The number of halogens is 4. The molecule has 0 saturated carbocycles. The van der Waals surface area contributed by atoms with Gasteiger partial charge in [0, 0.05) is 39.0 Å². The lowest BCUT2D eigenvalue weighted by Gasteiger charge is -2.22. The Hall–Kier alpha value is -1.23. The average molecular weight is 514 g/mol. The van der Waals surface area contributed by atoms with Crippen LogP contribution in [0.5, 0.6) is 0 Å². The summed E-state index contributed by atoms with van der Waals surface area (Å²) in [4.78, 5) is 6.57. The van der Waals surface area contributed by atoms with Crippen molar-refractivity contribution < 1.29 is 17.9 Å². The lowest BCUT2D eigenvalue weighted by molar-refractivity contribution is -0.173. The van der Waals surface area contributed by atoms with Gasteiger partial charge >= 0.3 is 6.18 Å². The van der Waals surface area contributed by atoms with Gasteiger partial charge < -0.3 is 20.3 Å². The molecular weight excluding hydrogens is 484 g/mol. The molecule has 1 aromatic rings. The van der Waals surface area contributed by atoms with Crippen molar-refractivity contribution >= 4 is 35.6 Å². The van der Waals surface area contributed by atoms with Crippen molar-refractivity contribution in [1.82, 2.24) is 10.6 Å². The standard InChI is InChI=1S/C19H29F3N4O.HI/c1-15(16-7-5-8-17(13-16)26-10-3-4-11-26)25-18(23-2)24-9-6-12-27-14-19(20,21)22;/h5,7-8,13,15H,3-4,6,9-12,14H2,1-2H3,(H2,23,24,25);1H. The van der Waals surface area contributed by atoms with E-state index in [-0.39, 0.29) is 36.6 Å². The predicted molar refractivity (Wildman–Crippen MR) is 118 cm³/mol. The van der Waals surface area contributed by atoms with Crippen LogP contribution in [0.1, 0.15) is 37.8 Å². The van der Waals surface area contributed by atoms with Crippen LogP contribution in [-0.4, -0.2) is 52.0 Å². The van der Waals surface area contributed by atoms with Crippen LogP contribution in [0, 0.1) is 0 Å². The van der Waals surface area contributed by atoms with Gasteiger partial charge in [0.15, 0.2) is 5.96 Å². The molecule has 9 heteroatoms. The minimum atomic E-state index is -4.27. The summed E-state index contributed by atoms with van der Waals surface area (Å²) in [5.41, 5.74) is 2.40. The van der Waals surface area contributed by atoms with E-state index >= 15 is 0 Å². The number of anilines is 1. The van der Waals surface area contributed by atoms with E-state index < -0.39 is 12.8 Å². The molecule has 1 heterocycles. The topological polar surface area (TPSA) is 48.9 Å². The van der Waals surface area contributed by atoms with Crippen LogP contribution in [0.4, 0.5) is 18.9 Å². The summed E-state index contributed by atoms with van der Waals surface area (Å²) in [7, 11) is 1.67. The van der Waals surface area contributed by atoms with Gasteiger partial charge in [0.1, 0.15) is 6.61 Å². The summed E-state index contributed by atoms with van der Waals surface area (Å²) in [5, 5.41) is 6.42. The van der Waals surface area contributed by atoms with Crippen LogP contribution < -0.4 is 15.5 Å². The molecule has 1 atom stereocenters. The van der Waals surface area contributed by atoms with Gasteiger partial charge in [0.2, 0.25) is 0 Å². The van der Waals surface area contributed by atoms with Gasteiger partial charge in [-0.05, 0) is 43.9 Å². The number of ether oxygens (including phenoxy) is 1. The summed E-state index contributed by atoms with van der Waals surface area (Å²) < 4.78 is 40.6. The number of alkyl halides is 3. The van der Waals surface area contributed by atoms with E-state index in [1.807, 2.05) is 0 Å². The zero-order valence-electron chi connectivity index (χ0n) is 16.4. The molecule has 2 N–H and O–H groups in total. The molecule has 2 rings (SSSR count). The fourth-order valence-electron chi connectivity index (χ4n) is 3.02. The van der Waals surface area contributed by atoms with E-state index in [1.165, 1.54) is 18.5 Å². The van der Waals surface area contributed by atoms with Gasteiger partial charge in [-0.25, -0.2) is 0 Å². The van der Waals surface area contributed by atoms with E-state index in [0.29, 0.717) is 18.9 Å². The number of hydrogen-bond acceptors (Lipinski definition) is 3. The van der Waals surface area contributed by atoms with E-state index in [4.69, 9.17) is 0 Å². The molecule has 0 radical (unpaired) electrons. The van der Waals surface area contributed by atoms with Crippen LogP contribution in [0.2, 0.25) is 0 Å². The molecule has 0 aliphatic carbocycles. The number of rotatable bonds is 8. The molecule has 1 fully saturated rings. The maximum atomic E-state index is 12.0. The average Bonchev–Trinajstić information content (AvgIpc) is 3.17. The maximum Gasteiger partial charge on any atom is 0.411 e. The number of benzene rings is 1. The van der Waals surface area contributed by atoms with Gasteiger partial charge in [0.05, 0.1) is 6.04 Å². The molecule has 1 aliphatic heterocycles. The Morgan fingerprint density at radius 2 is 2.00 bits per heavy atom. The Kier molecular flexibility index (Phi) is 10.9. The maximum absolute atomic E-state index is 12.0. The van der Waals surface area contributed by atoms with Crippen molar-refractivity contribution in [3.05, 3.63) is 29.8 Å². The molecule has 5 nitrogen and oxygen atoms in total. The second-order valence-corrected chi connectivity index (χ2v) is 6.68.